The summed E-state index contributed by atoms with van der Waals surface area (Å²) in [5.74, 6) is -0.495. The van der Waals surface area contributed by atoms with Crippen molar-refractivity contribution in [2.24, 2.45) is 0 Å². The number of carbonyl (C=O) groups is 3. The lowest BCUT2D eigenvalue weighted by molar-refractivity contribution is -0.116. The standard InChI is InChI=1S/C38H33ClN2O4S2/c1-45-38(44)34-31-20-17-27(25-9-4-2-5-10-25)22-32(31)47-37(34)41-36(43)35(26-11-6-3-7-12-26)46-30-14-8-13-29(23-30)40-33(42)21-24-15-18-28(39)19-16-24/h2-16,18-19,23,27,35H,17,20-22H2,1H3,(H,40,42)(H,41,43). The molecule has 5 aromatic rings. The SMILES string of the molecule is COC(=O)c1c(NC(=O)C(Sc2cccc(NC(=O)Cc3ccc(Cl)cc3)c2)c2ccccc2)sc2c1CCC(c1ccccc1)C2. The van der Waals surface area contributed by atoms with E-state index in [1.54, 1.807) is 12.1 Å². The molecular weight excluding hydrogens is 648 g/mol. The number of anilines is 2. The number of esters is 1. The zero-order valence-electron chi connectivity index (χ0n) is 25.7. The van der Waals surface area contributed by atoms with E-state index in [9.17, 15) is 14.4 Å². The number of nitrogens with one attached hydrogen (secondary N) is 2. The maximum atomic E-state index is 14.1. The average Bonchev–Trinajstić information content (AvgIpc) is 3.45. The van der Waals surface area contributed by atoms with Crippen molar-refractivity contribution in [2.45, 2.75) is 41.7 Å². The average molecular weight is 681 g/mol. The summed E-state index contributed by atoms with van der Waals surface area (Å²) in [4.78, 5) is 41.9. The number of fused-ring (bicyclic) bond motifs is 1. The Hall–Kier alpha value is -4.37. The molecule has 0 aliphatic heterocycles. The van der Waals surface area contributed by atoms with Crippen molar-refractivity contribution in [1.82, 2.24) is 0 Å². The van der Waals surface area contributed by atoms with Gasteiger partial charge in [0.2, 0.25) is 11.8 Å². The number of ether oxygens (including phenoxy) is 1. The van der Waals surface area contributed by atoms with E-state index in [4.69, 9.17) is 16.3 Å². The van der Waals surface area contributed by atoms with Gasteiger partial charge in [0.1, 0.15) is 10.3 Å². The molecule has 4 aromatic carbocycles. The van der Waals surface area contributed by atoms with Gasteiger partial charge in [-0.3, -0.25) is 9.59 Å². The van der Waals surface area contributed by atoms with Gasteiger partial charge in [-0.05, 0) is 77.8 Å². The van der Waals surface area contributed by atoms with Gasteiger partial charge >= 0.3 is 5.97 Å². The van der Waals surface area contributed by atoms with Gasteiger partial charge in [0.05, 0.1) is 19.1 Å². The van der Waals surface area contributed by atoms with Crippen molar-refractivity contribution in [3.63, 3.8) is 0 Å². The molecule has 2 N–H and O–H groups in total. The molecule has 9 heteroatoms. The van der Waals surface area contributed by atoms with Crippen LogP contribution in [0.15, 0.2) is 114 Å². The van der Waals surface area contributed by atoms with Crippen LogP contribution >= 0.6 is 34.7 Å². The maximum absolute atomic E-state index is 14.1. The lowest BCUT2D eigenvalue weighted by atomic mass is 9.83. The van der Waals surface area contributed by atoms with E-state index >= 15 is 0 Å². The van der Waals surface area contributed by atoms with Crippen molar-refractivity contribution >= 4 is 63.2 Å². The number of halogens is 1. The predicted octanol–water partition coefficient (Wildman–Crippen LogP) is 9.11. The number of thiophene rings is 1. The van der Waals surface area contributed by atoms with Crippen LogP contribution in [0.4, 0.5) is 10.7 Å². The third-order valence-electron chi connectivity index (χ3n) is 8.15. The Labute approximate surface area is 287 Å². The first-order valence-corrected chi connectivity index (χ1v) is 17.4. The smallest absolute Gasteiger partial charge is 0.341 e. The molecule has 0 fully saturated rings. The molecular formula is C38H33ClN2O4S2. The Morgan fingerprint density at radius 1 is 0.915 bits per heavy atom. The van der Waals surface area contributed by atoms with Gasteiger partial charge in [-0.2, -0.15) is 0 Å². The molecule has 2 amide bonds. The van der Waals surface area contributed by atoms with E-state index in [-0.39, 0.29) is 18.2 Å². The summed E-state index contributed by atoms with van der Waals surface area (Å²) in [6, 6.07) is 34.6. The molecule has 0 saturated heterocycles. The van der Waals surface area contributed by atoms with Crippen molar-refractivity contribution in [3.8, 4) is 0 Å². The minimum Gasteiger partial charge on any atom is -0.465 e. The van der Waals surface area contributed by atoms with Crippen LogP contribution < -0.4 is 10.6 Å². The molecule has 1 aliphatic rings. The minimum absolute atomic E-state index is 0.154. The Balaban J connectivity index is 1.22. The first kappa shape index (κ1) is 32.6. The number of methoxy groups -OCH3 is 1. The minimum atomic E-state index is -0.627. The molecule has 0 saturated carbocycles. The summed E-state index contributed by atoms with van der Waals surface area (Å²) in [6.07, 6.45) is 2.67. The van der Waals surface area contributed by atoms with Crippen molar-refractivity contribution in [2.75, 3.05) is 17.7 Å². The zero-order chi connectivity index (χ0) is 32.8. The van der Waals surface area contributed by atoms with E-state index < -0.39 is 11.2 Å². The monoisotopic (exact) mass is 680 g/mol. The van der Waals surface area contributed by atoms with Crippen LogP contribution in [-0.4, -0.2) is 24.9 Å². The van der Waals surface area contributed by atoms with Gasteiger partial charge in [0, 0.05) is 20.5 Å². The van der Waals surface area contributed by atoms with Crippen molar-refractivity contribution in [3.05, 3.63) is 147 Å². The molecule has 2 unspecified atom stereocenters. The lowest BCUT2D eigenvalue weighted by Gasteiger charge is -2.22. The zero-order valence-corrected chi connectivity index (χ0v) is 28.1. The molecule has 1 aliphatic carbocycles. The fourth-order valence-corrected chi connectivity index (χ4v) is 8.38. The molecule has 1 aromatic heterocycles. The third kappa shape index (κ3) is 7.96. The van der Waals surface area contributed by atoms with Gasteiger partial charge in [-0.15, -0.1) is 23.1 Å². The summed E-state index contributed by atoms with van der Waals surface area (Å²) >= 11 is 8.82. The van der Waals surface area contributed by atoms with Crippen molar-refractivity contribution < 1.29 is 19.1 Å². The van der Waals surface area contributed by atoms with Crippen LogP contribution in [0.1, 0.15) is 55.1 Å². The molecule has 47 heavy (non-hydrogen) atoms. The molecule has 2 atom stereocenters. The molecule has 1 heterocycles. The second-order valence-corrected chi connectivity index (χ2v) is 14.0. The molecule has 238 valence electrons. The molecule has 6 nitrogen and oxygen atoms in total. The number of hydrogen-bond acceptors (Lipinski definition) is 6. The topological polar surface area (TPSA) is 84.5 Å². The fourth-order valence-electron chi connectivity index (χ4n) is 5.86. The third-order valence-corrected chi connectivity index (χ3v) is 10.8. The number of carbonyl (C=O) groups excluding carboxylic acids is 3. The Kier molecular flexibility index (Phi) is 10.4. The Morgan fingerprint density at radius 2 is 1.64 bits per heavy atom. The molecule has 0 bridgehead atoms. The molecule has 0 spiro atoms. The van der Waals surface area contributed by atoms with Crippen LogP contribution in [0.2, 0.25) is 5.02 Å². The van der Waals surface area contributed by atoms with Crippen LogP contribution in [0.25, 0.3) is 0 Å². The maximum Gasteiger partial charge on any atom is 0.341 e. The van der Waals surface area contributed by atoms with Crippen molar-refractivity contribution in [1.29, 1.82) is 0 Å². The van der Waals surface area contributed by atoms with Crippen LogP contribution in [0.3, 0.4) is 0 Å². The first-order chi connectivity index (χ1) is 22.9. The number of thioether (sulfide) groups is 1. The van der Waals surface area contributed by atoms with Crippen LogP contribution in [0.5, 0.6) is 0 Å². The largest absolute Gasteiger partial charge is 0.465 e. The summed E-state index contributed by atoms with van der Waals surface area (Å²) in [5, 5.41) is 6.58. The van der Waals surface area contributed by atoms with E-state index in [2.05, 4.69) is 34.9 Å². The highest BCUT2D eigenvalue weighted by atomic mass is 35.5. The van der Waals surface area contributed by atoms with E-state index in [1.807, 2.05) is 72.8 Å². The first-order valence-electron chi connectivity index (χ1n) is 15.3. The second-order valence-electron chi connectivity index (χ2n) is 11.3. The van der Waals surface area contributed by atoms with Gasteiger partial charge in [-0.1, -0.05) is 90.5 Å². The predicted molar refractivity (Wildman–Crippen MR) is 191 cm³/mol. The summed E-state index contributed by atoms with van der Waals surface area (Å²) < 4.78 is 5.19. The number of rotatable bonds is 10. The summed E-state index contributed by atoms with van der Waals surface area (Å²) in [6.45, 7) is 0. The second kappa shape index (κ2) is 15.0. The van der Waals surface area contributed by atoms with Gasteiger partial charge in [-0.25, -0.2) is 4.79 Å². The highest BCUT2D eigenvalue weighted by molar-refractivity contribution is 8.00. The lowest BCUT2D eigenvalue weighted by Crippen LogP contribution is -2.20. The number of hydrogen-bond donors (Lipinski definition) is 2. The quantitative estimate of drug-likeness (QED) is 0.114. The van der Waals surface area contributed by atoms with E-state index in [1.165, 1.54) is 35.8 Å². The number of benzene rings is 4. The van der Waals surface area contributed by atoms with E-state index in [0.717, 1.165) is 45.7 Å². The van der Waals surface area contributed by atoms with Crippen LogP contribution in [-0.2, 0) is 33.6 Å². The summed E-state index contributed by atoms with van der Waals surface area (Å²) in [5.41, 5.74) is 5.01. The van der Waals surface area contributed by atoms with Gasteiger partial charge in [0.25, 0.3) is 0 Å². The molecule has 6 rings (SSSR count). The normalized spacial score (nSPS) is 14.5. The Bertz CT molecular complexity index is 1880. The molecule has 0 radical (unpaired) electrons. The Morgan fingerprint density at radius 3 is 2.36 bits per heavy atom. The van der Waals surface area contributed by atoms with E-state index in [0.29, 0.717) is 27.2 Å². The number of amides is 2. The highest BCUT2D eigenvalue weighted by Crippen LogP contribution is 2.44. The highest BCUT2D eigenvalue weighted by Gasteiger charge is 2.32. The van der Waals surface area contributed by atoms with Crippen LogP contribution in [0, 0.1) is 0 Å². The van der Waals surface area contributed by atoms with Gasteiger partial charge < -0.3 is 15.4 Å². The fraction of sp³-hybridized carbons (Fsp3) is 0.184. The van der Waals surface area contributed by atoms with Gasteiger partial charge in [0.15, 0.2) is 0 Å². The summed E-state index contributed by atoms with van der Waals surface area (Å²) in [7, 11) is 1.37.